The first-order valence-corrected chi connectivity index (χ1v) is 11.0. The Morgan fingerprint density at radius 1 is 1.24 bits per heavy atom. The van der Waals surface area contributed by atoms with Gasteiger partial charge in [-0.15, -0.1) is 0 Å². The molecule has 0 radical (unpaired) electrons. The minimum atomic E-state index is -0.114. The van der Waals surface area contributed by atoms with E-state index in [2.05, 4.69) is 28.0 Å². The quantitative estimate of drug-likeness (QED) is 0.543. The number of anilines is 1. The van der Waals surface area contributed by atoms with Gasteiger partial charge < -0.3 is 15.1 Å². The average Bonchev–Trinajstić information content (AvgIpc) is 3.10. The SMILES string of the molecule is C=N/C(=C\C=C(/C)c1c(-c2ccc(C#N)cc2)nc(N2CCCNCC2)n(C)c1=O)N(C)C. The standard InChI is InChI=1S/C25H31N7O/c1-18(7-12-21(27-2)30(3)4)22-23(20-10-8-19(17-26)9-11-20)29-25(31(5)24(22)33)32-15-6-13-28-14-16-32/h7-12,28H,2,6,13-16H2,1,3-5H3/b18-7+,21-12+. The lowest BCUT2D eigenvalue weighted by Gasteiger charge is -2.25. The number of rotatable bonds is 6. The molecule has 1 N–H and O–H groups in total. The molecule has 1 fully saturated rings. The van der Waals surface area contributed by atoms with Gasteiger partial charge in [0.05, 0.1) is 22.9 Å². The fourth-order valence-electron chi connectivity index (χ4n) is 3.81. The lowest BCUT2D eigenvalue weighted by molar-refractivity contribution is 0.508. The van der Waals surface area contributed by atoms with E-state index in [0.29, 0.717) is 28.6 Å². The highest BCUT2D eigenvalue weighted by atomic mass is 16.1. The average molecular weight is 446 g/mol. The fourth-order valence-corrected chi connectivity index (χ4v) is 3.81. The summed E-state index contributed by atoms with van der Waals surface area (Å²) in [5.41, 5.74) is 3.14. The van der Waals surface area contributed by atoms with Gasteiger partial charge in [0, 0.05) is 46.3 Å². The van der Waals surface area contributed by atoms with E-state index in [0.717, 1.165) is 43.7 Å². The lowest BCUT2D eigenvalue weighted by Crippen LogP contribution is -2.35. The molecule has 3 rings (SSSR count). The zero-order valence-electron chi connectivity index (χ0n) is 19.8. The van der Waals surface area contributed by atoms with Crippen molar-refractivity contribution in [1.29, 1.82) is 5.26 Å². The van der Waals surface area contributed by atoms with Crippen molar-refractivity contribution >= 4 is 18.2 Å². The van der Waals surface area contributed by atoms with Gasteiger partial charge in [0.1, 0.15) is 5.82 Å². The summed E-state index contributed by atoms with van der Waals surface area (Å²) >= 11 is 0. The first-order valence-electron chi connectivity index (χ1n) is 11.0. The molecule has 0 bridgehead atoms. The Balaban J connectivity index is 2.22. The number of aliphatic imine (C=N–C) groups is 1. The summed E-state index contributed by atoms with van der Waals surface area (Å²) in [6, 6.07) is 9.33. The molecule has 1 aromatic heterocycles. The van der Waals surface area contributed by atoms with Crippen molar-refractivity contribution < 1.29 is 0 Å². The van der Waals surface area contributed by atoms with Crippen LogP contribution in [-0.2, 0) is 7.05 Å². The molecule has 0 unspecified atom stereocenters. The molecule has 2 aromatic rings. The highest BCUT2D eigenvalue weighted by molar-refractivity contribution is 5.79. The first kappa shape index (κ1) is 24.0. The van der Waals surface area contributed by atoms with Crippen LogP contribution >= 0.6 is 0 Å². The molecule has 1 saturated heterocycles. The number of aromatic nitrogens is 2. The van der Waals surface area contributed by atoms with E-state index < -0.39 is 0 Å². The Labute approximate surface area is 195 Å². The summed E-state index contributed by atoms with van der Waals surface area (Å²) in [4.78, 5) is 26.7. The summed E-state index contributed by atoms with van der Waals surface area (Å²) in [5, 5.41) is 12.6. The predicted molar refractivity (Wildman–Crippen MR) is 134 cm³/mol. The maximum Gasteiger partial charge on any atom is 0.262 e. The van der Waals surface area contributed by atoms with Gasteiger partial charge in [-0.25, -0.2) is 9.98 Å². The second-order valence-corrected chi connectivity index (χ2v) is 8.21. The number of nitrogens with one attached hydrogen (secondary N) is 1. The third-order valence-corrected chi connectivity index (χ3v) is 5.67. The van der Waals surface area contributed by atoms with Gasteiger partial charge in [0.25, 0.3) is 5.56 Å². The van der Waals surface area contributed by atoms with Crippen molar-refractivity contribution in [3.8, 4) is 17.3 Å². The van der Waals surface area contributed by atoms with Gasteiger partial charge in [-0.2, -0.15) is 5.26 Å². The summed E-state index contributed by atoms with van der Waals surface area (Å²) in [6.07, 6.45) is 4.68. The van der Waals surface area contributed by atoms with E-state index in [4.69, 9.17) is 4.98 Å². The third-order valence-electron chi connectivity index (χ3n) is 5.67. The summed E-state index contributed by atoms with van der Waals surface area (Å²) < 4.78 is 1.63. The number of nitrogens with zero attached hydrogens (tertiary/aromatic N) is 6. The molecule has 1 aliphatic heterocycles. The van der Waals surface area contributed by atoms with Crippen LogP contribution in [0.3, 0.4) is 0 Å². The Morgan fingerprint density at radius 3 is 2.61 bits per heavy atom. The normalized spacial score (nSPS) is 15.1. The fraction of sp³-hybridized carbons (Fsp3) is 0.360. The van der Waals surface area contributed by atoms with Crippen LogP contribution in [0, 0.1) is 11.3 Å². The summed E-state index contributed by atoms with van der Waals surface area (Å²) in [7, 11) is 5.54. The second kappa shape index (κ2) is 10.7. The van der Waals surface area contributed by atoms with E-state index in [1.807, 2.05) is 50.2 Å². The molecule has 1 aliphatic rings. The lowest BCUT2D eigenvalue weighted by atomic mass is 10.00. The smallest absolute Gasteiger partial charge is 0.262 e. The van der Waals surface area contributed by atoms with E-state index in [1.54, 1.807) is 23.7 Å². The van der Waals surface area contributed by atoms with E-state index in [9.17, 15) is 10.1 Å². The van der Waals surface area contributed by atoms with Crippen LogP contribution in [0.1, 0.15) is 24.5 Å². The molecule has 0 amide bonds. The van der Waals surface area contributed by atoms with Gasteiger partial charge in [-0.3, -0.25) is 9.36 Å². The highest BCUT2D eigenvalue weighted by Gasteiger charge is 2.21. The topological polar surface area (TPSA) is 89.5 Å². The van der Waals surface area contributed by atoms with Crippen molar-refractivity contribution in [3.63, 3.8) is 0 Å². The minimum Gasteiger partial charge on any atom is -0.363 e. The number of nitriles is 1. The molecule has 0 atom stereocenters. The Hall–Kier alpha value is -3.70. The van der Waals surface area contributed by atoms with Crippen molar-refractivity contribution in [2.45, 2.75) is 13.3 Å². The molecule has 0 saturated carbocycles. The summed E-state index contributed by atoms with van der Waals surface area (Å²) in [5.74, 6) is 1.34. The minimum absolute atomic E-state index is 0.114. The second-order valence-electron chi connectivity index (χ2n) is 8.21. The molecule has 8 heteroatoms. The van der Waals surface area contributed by atoms with Crippen LogP contribution in [0.25, 0.3) is 16.8 Å². The maximum atomic E-state index is 13.6. The zero-order valence-corrected chi connectivity index (χ0v) is 19.8. The van der Waals surface area contributed by atoms with Gasteiger partial charge in [0.15, 0.2) is 0 Å². The molecule has 172 valence electrons. The van der Waals surface area contributed by atoms with Crippen molar-refractivity contribution in [3.05, 3.63) is 63.7 Å². The first-order chi connectivity index (χ1) is 15.9. The van der Waals surface area contributed by atoms with Crippen LogP contribution in [0.15, 0.2) is 52.0 Å². The van der Waals surface area contributed by atoms with Crippen LogP contribution in [0.4, 0.5) is 5.95 Å². The number of allylic oxidation sites excluding steroid dienone is 3. The Bertz CT molecular complexity index is 1160. The molecule has 2 heterocycles. The van der Waals surface area contributed by atoms with E-state index in [1.165, 1.54) is 0 Å². The number of benzene rings is 1. The van der Waals surface area contributed by atoms with Crippen molar-refractivity contribution in [1.82, 2.24) is 19.8 Å². The third kappa shape index (κ3) is 5.38. The maximum absolute atomic E-state index is 13.6. The van der Waals surface area contributed by atoms with Gasteiger partial charge in [-0.1, -0.05) is 18.2 Å². The highest BCUT2D eigenvalue weighted by Crippen LogP contribution is 2.27. The van der Waals surface area contributed by atoms with E-state index in [-0.39, 0.29) is 5.56 Å². The van der Waals surface area contributed by atoms with Crippen LogP contribution in [0.2, 0.25) is 0 Å². The predicted octanol–water partition coefficient (Wildman–Crippen LogP) is 2.63. The van der Waals surface area contributed by atoms with E-state index >= 15 is 0 Å². The van der Waals surface area contributed by atoms with Crippen LogP contribution in [-0.4, -0.2) is 61.4 Å². The number of hydrogen-bond acceptors (Lipinski definition) is 7. The molecule has 0 aliphatic carbocycles. The number of hydrogen-bond donors (Lipinski definition) is 1. The molecule has 0 spiro atoms. The van der Waals surface area contributed by atoms with Gasteiger partial charge in [-0.05, 0) is 50.4 Å². The molecule has 33 heavy (non-hydrogen) atoms. The van der Waals surface area contributed by atoms with Crippen molar-refractivity contribution in [2.75, 3.05) is 45.2 Å². The van der Waals surface area contributed by atoms with Crippen LogP contribution in [0.5, 0.6) is 0 Å². The Kier molecular flexibility index (Phi) is 7.80. The van der Waals surface area contributed by atoms with Gasteiger partial charge in [0.2, 0.25) is 5.95 Å². The molecular formula is C25H31N7O. The van der Waals surface area contributed by atoms with Crippen molar-refractivity contribution in [2.24, 2.45) is 12.0 Å². The molecule has 1 aromatic carbocycles. The largest absolute Gasteiger partial charge is 0.363 e. The van der Waals surface area contributed by atoms with Crippen LogP contribution < -0.4 is 15.8 Å². The molecular weight excluding hydrogens is 414 g/mol. The van der Waals surface area contributed by atoms with Gasteiger partial charge >= 0.3 is 0 Å². The summed E-state index contributed by atoms with van der Waals surface area (Å²) in [6.45, 7) is 8.91. The zero-order chi connectivity index (χ0) is 24.0. The Morgan fingerprint density at radius 2 is 1.97 bits per heavy atom. The monoisotopic (exact) mass is 445 g/mol. The molecule has 8 nitrogen and oxygen atoms in total.